The SMILES string of the molecule is CC[C@H](C)N1C(=O)[C@H](C=NCCCN2CCOCC2)C(=O)NC1=S. The van der Waals surface area contributed by atoms with Gasteiger partial charge in [0.05, 0.1) is 13.2 Å². The molecule has 0 aromatic carbocycles. The Morgan fingerprint density at radius 1 is 1.42 bits per heavy atom. The van der Waals surface area contributed by atoms with E-state index in [2.05, 4.69) is 15.2 Å². The molecule has 0 bridgehead atoms. The first-order chi connectivity index (χ1) is 11.5. The number of nitrogens with one attached hydrogen (secondary N) is 1. The minimum atomic E-state index is -0.880. The molecule has 2 aliphatic heterocycles. The van der Waals surface area contributed by atoms with Gasteiger partial charge in [-0.3, -0.25) is 24.4 Å². The van der Waals surface area contributed by atoms with E-state index < -0.39 is 5.92 Å². The highest BCUT2D eigenvalue weighted by Gasteiger charge is 2.39. The molecule has 0 aliphatic carbocycles. The standard InChI is InChI=1S/C16H26N4O3S/c1-3-12(2)20-15(22)13(14(21)18-16(20)24)11-17-5-4-6-19-7-9-23-10-8-19/h11-13H,3-10H2,1-2H3,(H,18,21,24)/t12-,13+/m0/s1. The van der Waals surface area contributed by atoms with Crippen LogP contribution in [0.15, 0.2) is 4.99 Å². The predicted molar refractivity (Wildman–Crippen MR) is 96.1 cm³/mol. The van der Waals surface area contributed by atoms with Gasteiger partial charge in [-0.05, 0) is 32.0 Å². The van der Waals surface area contributed by atoms with Gasteiger partial charge < -0.3 is 10.1 Å². The van der Waals surface area contributed by atoms with E-state index in [9.17, 15) is 9.59 Å². The molecule has 0 spiro atoms. The molecule has 0 unspecified atom stereocenters. The number of hydrogen-bond acceptors (Lipinski definition) is 6. The van der Waals surface area contributed by atoms with Gasteiger partial charge in [-0.1, -0.05) is 6.92 Å². The Balaban J connectivity index is 1.84. The third kappa shape index (κ3) is 4.81. The number of amides is 2. The number of hydrogen-bond donors (Lipinski definition) is 1. The zero-order valence-corrected chi connectivity index (χ0v) is 15.2. The normalized spacial score (nSPS) is 24.5. The molecule has 2 atom stereocenters. The van der Waals surface area contributed by atoms with Crippen molar-refractivity contribution in [2.24, 2.45) is 10.9 Å². The van der Waals surface area contributed by atoms with Crippen LogP contribution in [0.5, 0.6) is 0 Å². The Hall–Kier alpha value is -1.38. The Labute approximate surface area is 148 Å². The Morgan fingerprint density at radius 2 is 2.12 bits per heavy atom. The maximum absolute atomic E-state index is 12.5. The van der Waals surface area contributed by atoms with E-state index in [-0.39, 0.29) is 23.0 Å². The predicted octanol–water partition coefficient (Wildman–Crippen LogP) is 0.438. The highest BCUT2D eigenvalue weighted by Crippen LogP contribution is 2.14. The van der Waals surface area contributed by atoms with Crippen LogP contribution in [-0.2, 0) is 14.3 Å². The molecule has 134 valence electrons. The lowest BCUT2D eigenvalue weighted by atomic mass is 10.0. The molecule has 8 heteroatoms. The summed E-state index contributed by atoms with van der Waals surface area (Å²) in [7, 11) is 0. The summed E-state index contributed by atoms with van der Waals surface area (Å²) in [6.45, 7) is 8.92. The van der Waals surface area contributed by atoms with Gasteiger partial charge in [0.15, 0.2) is 11.0 Å². The van der Waals surface area contributed by atoms with Gasteiger partial charge >= 0.3 is 0 Å². The van der Waals surface area contributed by atoms with Gasteiger partial charge in [-0.2, -0.15) is 0 Å². The summed E-state index contributed by atoms with van der Waals surface area (Å²) in [5.74, 6) is -1.55. The summed E-state index contributed by atoms with van der Waals surface area (Å²) in [4.78, 5) is 32.7. The summed E-state index contributed by atoms with van der Waals surface area (Å²) in [5.41, 5.74) is 0. The van der Waals surface area contributed by atoms with Crippen LogP contribution in [0.2, 0.25) is 0 Å². The number of nitrogens with zero attached hydrogens (tertiary/aromatic N) is 3. The lowest BCUT2D eigenvalue weighted by Gasteiger charge is -2.34. The lowest BCUT2D eigenvalue weighted by Crippen LogP contribution is -2.60. The van der Waals surface area contributed by atoms with Gasteiger partial charge in [0.25, 0.3) is 0 Å². The number of thiocarbonyl (C=S) groups is 1. The molecule has 1 N–H and O–H groups in total. The largest absolute Gasteiger partial charge is 0.379 e. The zero-order chi connectivity index (χ0) is 17.5. The summed E-state index contributed by atoms with van der Waals surface area (Å²) in [5, 5.41) is 2.79. The van der Waals surface area contributed by atoms with Gasteiger partial charge in [0, 0.05) is 38.4 Å². The minimum Gasteiger partial charge on any atom is -0.379 e. The quantitative estimate of drug-likeness (QED) is 0.311. The van der Waals surface area contributed by atoms with Crippen molar-refractivity contribution in [2.75, 3.05) is 39.4 Å². The molecule has 0 aromatic heterocycles. The van der Waals surface area contributed by atoms with Gasteiger partial charge in [0.1, 0.15) is 0 Å². The van der Waals surface area contributed by atoms with Crippen LogP contribution in [0.4, 0.5) is 0 Å². The monoisotopic (exact) mass is 354 g/mol. The zero-order valence-electron chi connectivity index (χ0n) is 14.4. The average molecular weight is 354 g/mol. The van der Waals surface area contributed by atoms with Gasteiger partial charge in [-0.25, -0.2) is 0 Å². The number of aliphatic imine (C=N–C) groups is 1. The van der Waals surface area contributed by atoms with Crippen LogP contribution in [0.1, 0.15) is 26.7 Å². The van der Waals surface area contributed by atoms with E-state index in [0.717, 1.165) is 45.7 Å². The second kappa shape index (κ2) is 9.19. The highest BCUT2D eigenvalue weighted by atomic mass is 32.1. The van der Waals surface area contributed by atoms with Crippen LogP contribution in [0.25, 0.3) is 0 Å². The summed E-state index contributed by atoms with van der Waals surface area (Å²) < 4.78 is 5.31. The molecule has 2 aliphatic rings. The molecule has 2 heterocycles. The van der Waals surface area contributed by atoms with Crippen molar-refractivity contribution < 1.29 is 14.3 Å². The Morgan fingerprint density at radius 3 is 2.79 bits per heavy atom. The van der Waals surface area contributed by atoms with Gasteiger partial charge in [-0.15, -0.1) is 0 Å². The number of carbonyl (C=O) groups excluding carboxylic acids is 2. The fraction of sp³-hybridized carbons (Fsp3) is 0.750. The molecular formula is C16H26N4O3S. The van der Waals surface area contributed by atoms with E-state index >= 15 is 0 Å². The van der Waals surface area contributed by atoms with Crippen molar-refractivity contribution >= 4 is 35.4 Å². The lowest BCUT2D eigenvalue weighted by molar-refractivity contribution is -0.139. The smallest absolute Gasteiger partial charge is 0.247 e. The highest BCUT2D eigenvalue weighted by molar-refractivity contribution is 7.80. The van der Waals surface area contributed by atoms with Crippen molar-refractivity contribution in [1.29, 1.82) is 0 Å². The van der Waals surface area contributed by atoms with E-state index in [1.54, 1.807) is 0 Å². The van der Waals surface area contributed by atoms with Gasteiger partial charge in [0.2, 0.25) is 11.8 Å². The number of morpholine rings is 1. The van der Waals surface area contributed by atoms with Crippen LogP contribution < -0.4 is 5.32 Å². The Bertz CT molecular complexity index is 506. The van der Waals surface area contributed by atoms with E-state index in [1.165, 1.54) is 11.1 Å². The molecule has 2 amide bonds. The summed E-state index contributed by atoms with van der Waals surface area (Å²) >= 11 is 5.12. The summed E-state index contributed by atoms with van der Waals surface area (Å²) in [6.07, 6.45) is 3.13. The van der Waals surface area contributed by atoms with Crippen LogP contribution in [0, 0.1) is 5.92 Å². The second-order valence-corrected chi connectivity index (χ2v) is 6.49. The third-order valence-electron chi connectivity index (χ3n) is 4.39. The molecule has 0 saturated carbocycles. The first-order valence-corrected chi connectivity index (χ1v) is 8.93. The van der Waals surface area contributed by atoms with Crippen LogP contribution in [-0.4, -0.2) is 78.4 Å². The van der Waals surface area contributed by atoms with Crippen molar-refractivity contribution in [3.8, 4) is 0 Å². The first kappa shape index (κ1) is 19.0. The third-order valence-corrected chi connectivity index (χ3v) is 4.68. The molecule has 7 nitrogen and oxygen atoms in total. The van der Waals surface area contributed by atoms with Crippen molar-refractivity contribution in [1.82, 2.24) is 15.1 Å². The van der Waals surface area contributed by atoms with Crippen molar-refractivity contribution in [3.05, 3.63) is 0 Å². The molecule has 2 fully saturated rings. The van der Waals surface area contributed by atoms with E-state index in [4.69, 9.17) is 17.0 Å². The van der Waals surface area contributed by atoms with Crippen molar-refractivity contribution in [2.45, 2.75) is 32.7 Å². The molecule has 0 aromatic rings. The number of rotatable bonds is 7. The first-order valence-electron chi connectivity index (χ1n) is 8.52. The maximum atomic E-state index is 12.5. The van der Waals surface area contributed by atoms with Crippen LogP contribution >= 0.6 is 12.2 Å². The van der Waals surface area contributed by atoms with Crippen molar-refractivity contribution in [3.63, 3.8) is 0 Å². The van der Waals surface area contributed by atoms with E-state index in [1.807, 2.05) is 13.8 Å². The fourth-order valence-electron chi connectivity index (χ4n) is 2.73. The number of ether oxygens (including phenoxy) is 1. The molecular weight excluding hydrogens is 328 g/mol. The molecule has 2 saturated heterocycles. The van der Waals surface area contributed by atoms with Crippen LogP contribution in [0.3, 0.4) is 0 Å². The second-order valence-electron chi connectivity index (χ2n) is 6.10. The molecule has 24 heavy (non-hydrogen) atoms. The fourth-order valence-corrected chi connectivity index (χ4v) is 3.10. The minimum absolute atomic E-state index is 0.0391. The van der Waals surface area contributed by atoms with E-state index in [0.29, 0.717) is 6.54 Å². The average Bonchev–Trinajstić information content (AvgIpc) is 2.57. The Kier molecular flexibility index (Phi) is 7.26. The molecule has 0 radical (unpaired) electrons. The maximum Gasteiger partial charge on any atom is 0.247 e. The number of carbonyl (C=O) groups is 2. The molecule has 2 rings (SSSR count). The topological polar surface area (TPSA) is 74.2 Å². The summed E-state index contributed by atoms with van der Waals surface area (Å²) in [6, 6.07) is -0.0391.